The van der Waals surface area contributed by atoms with Gasteiger partial charge in [-0.05, 0) is 89.9 Å². The Bertz CT molecular complexity index is 1550. The van der Waals surface area contributed by atoms with Crippen molar-refractivity contribution < 1.29 is 63.1 Å². The van der Waals surface area contributed by atoms with Gasteiger partial charge in [-0.2, -0.15) is 0 Å². The van der Waals surface area contributed by atoms with E-state index in [2.05, 4.69) is 92.8 Å². The largest absolute Gasteiger partial charge is 0.472 e. The molecule has 0 aliphatic heterocycles. The number of unbranched alkanes of at least 4 members (excludes halogenated alkanes) is 7. The number of aliphatic hydroxyl groups is 5. The maximum absolute atomic E-state index is 12.8. The Morgan fingerprint density at radius 2 is 0.846 bits per heavy atom. The van der Waals surface area contributed by atoms with Crippen LogP contribution in [-0.4, -0.2) is 98.3 Å². The van der Waals surface area contributed by atoms with Crippen LogP contribution in [0, 0.1) is 0 Å². The summed E-state index contributed by atoms with van der Waals surface area (Å²) >= 11 is 0. The summed E-state index contributed by atoms with van der Waals surface area (Å²) in [7, 11) is -5.16. The highest BCUT2D eigenvalue weighted by Crippen LogP contribution is 2.47. The molecule has 0 heterocycles. The van der Waals surface area contributed by atoms with Crippen LogP contribution in [0.1, 0.15) is 142 Å². The monoisotopic (exact) mass is 933 g/mol. The van der Waals surface area contributed by atoms with Crippen LogP contribution in [0.15, 0.2) is 109 Å². The molecule has 14 heteroatoms. The van der Waals surface area contributed by atoms with Gasteiger partial charge in [-0.15, -0.1) is 0 Å². The summed E-state index contributed by atoms with van der Waals surface area (Å²) in [5.41, 5.74) is 0. The van der Waals surface area contributed by atoms with Crippen molar-refractivity contribution in [3.05, 3.63) is 109 Å². The normalized spacial score (nSPS) is 22.4. The predicted octanol–water partition coefficient (Wildman–Crippen LogP) is 9.61. The van der Waals surface area contributed by atoms with E-state index in [0.717, 1.165) is 51.4 Å². The summed E-state index contributed by atoms with van der Waals surface area (Å²) in [6.07, 6.45) is 41.6. The fourth-order valence-corrected chi connectivity index (χ4v) is 7.23. The molecular formula is C51H81O13P. The van der Waals surface area contributed by atoms with E-state index < -0.39 is 75.7 Å². The Morgan fingerprint density at radius 1 is 0.477 bits per heavy atom. The number of aliphatic hydroxyl groups excluding tert-OH is 5. The number of hydrogen-bond donors (Lipinski definition) is 6. The lowest BCUT2D eigenvalue weighted by atomic mass is 9.85. The highest BCUT2D eigenvalue weighted by atomic mass is 31.2. The average Bonchev–Trinajstić information content (AvgIpc) is 3.29. The topological polar surface area (TPSA) is 210 Å². The van der Waals surface area contributed by atoms with Crippen LogP contribution < -0.4 is 0 Å². The molecule has 0 aromatic heterocycles. The number of phosphoric ester groups is 1. The number of carbonyl (C=O) groups is 2. The minimum Gasteiger partial charge on any atom is -0.462 e. The molecule has 0 saturated heterocycles. The highest BCUT2D eigenvalue weighted by Gasteiger charge is 2.51. The van der Waals surface area contributed by atoms with Gasteiger partial charge in [0.05, 0.1) is 6.61 Å². The molecule has 0 aromatic rings. The minimum absolute atomic E-state index is 0.0452. The second-order valence-corrected chi connectivity index (χ2v) is 17.3. The standard InChI is InChI=1S/C51H81O13P/c1-3-5-7-9-11-13-15-17-19-21-22-24-26-28-30-32-34-36-38-40-45(53)63-43(42-62-65(59,60)64-51-49(57)47(55)46(54)48(56)50(51)58)41-61-44(52)39-37-35-33-31-29-27-25-23-20-18-16-14-12-10-8-6-4-2/h11-14,17-20,22,24-25,27-28,30-31,33-34,36,43,46-51,54-58H,3-10,15-16,21,23,26,29,32,35,37-42H2,1-2H3,(H,59,60)/b13-11+,14-12+,19-17+,20-18+,24-22+,27-25+,30-28+,33-31+,36-34+/t43-,46?,47-,48?,49?,50?,51?/m1/s1. The number of hydrogen-bond acceptors (Lipinski definition) is 12. The maximum Gasteiger partial charge on any atom is 0.472 e. The van der Waals surface area contributed by atoms with Gasteiger partial charge in [0.25, 0.3) is 0 Å². The van der Waals surface area contributed by atoms with E-state index in [0.29, 0.717) is 25.7 Å². The van der Waals surface area contributed by atoms with Gasteiger partial charge in [-0.25, -0.2) is 4.57 Å². The van der Waals surface area contributed by atoms with E-state index in [4.69, 9.17) is 18.5 Å². The van der Waals surface area contributed by atoms with Crippen molar-refractivity contribution in [1.82, 2.24) is 0 Å². The zero-order valence-electron chi connectivity index (χ0n) is 39.0. The molecule has 13 nitrogen and oxygen atoms in total. The van der Waals surface area contributed by atoms with Gasteiger partial charge < -0.3 is 39.9 Å². The van der Waals surface area contributed by atoms with Crippen LogP contribution in [0.2, 0.25) is 0 Å². The molecule has 0 amide bonds. The fraction of sp³-hybridized carbons (Fsp3) is 0.608. The van der Waals surface area contributed by atoms with Crippen LogP contribution >= 0.6 is 7.82 Å². The van der Waals surface area contributed by atoms with E-state index >= 15 is 0 Å². The smallest absolute Gasteiger partial charge is 0.462 e. The zero-order chi connectivity index (χ0) is 47.8. The van der Waals surface area contributed by atoms with Crippen molar-refractivity contribution in [2.24, 2.45) is 0 Å². The summed E-state index contributed by atoms with van der Waals surface area (Å²) in [6, 6.07) is 0. The lowest BCUT2D eigenvalue weighted by Crippen LogP contribution is -2.64. The number of phosphoric acid groups is 1. The summed E-state index contributed by atoms with van der Waals surface area (Å²) in [4.78, 5) is 35.7. The van der Waals surface area contributed by atoms with Crippen molar-refractivity contribution in [3.8, 4) is 0 Å². The first-order valence-electron chi connectivity index (χ1n) is 23.7. The maximum atomic E-state index is 12.8. The van der Waals surface area contributed by atoms with Crippen LogP contribution in [-0.2, 0) is 32.7 Å². The molecule has 65 heavy (non-hydrogen) atoms. The van der Waals surface area contributed by atoms with Crippen LogP contribution in [0.4, 0.5) is 0 Å². The molecule has 1 saturated carbocycles. The van der Waals surface area contributed by atoms with Crippen molar-refractivity contribution in [3.63, 3.8) is 0 Å². The van der Waals surface area contributed by atoms with Gasteiger partial charge in [-0.1, -0.05) is 149 Å². The molecule has 0 radical (unpaired) electrons. The molecule has 1 aliphatic carbocycles. The first-order valence-corrected chi connectivity index (χ1v) is 25.2. The van der Waals surface area contributed by atoms with E-state index in [1.165, 1.54) is 38.5 Å². The molecule has 368 valence electrons. The number of rotatable bonds is 37. The van der Waals surface area contributed by atoms with Crippen molar-refractivity contribution in [1.29, 1.82) is 0 Å². The number of allylic oxidation sites excluding steroid dienone is 18. The fourth-order valence-electron chi connectivity index (χ4n) is 6.26. The van der Waals surface area contributed by atoms with E-state index in [-0.39, 0.29) is 12.8 Å². The van der Waals surface area contributed by atoms with Crippen molar-refractivity contribution in [2.75, 3.05) is 13.2 Å². The highest BCUT2D eigenvalue weighted by molar-refractivity contribution is 7.47. The Hall–Kier alpha value is -3.49. The van der Waals surface area contributed by atoms with Gasteiger partial charge >= 0.3 is 19.8 Å². The molecule has 8 atom stereocenters. The molecular weight excluding hydrogens is 852 g/mol. The van der Waals surface area contributed by atoms with Gasteiger partial charge in [0.2, 0.25) is 0 Å². The van der Waals surface area contributed by atoms with E-state index in [9.17, 15) is 44.6 Å². The zero-order valence-corrected chi connectivity index (χ0v) is 39.9. The van der Waals surface area contributed by atoms with Crippen LogP contribution in [0.5, 0.6) is 0 Å². The lowest BCUT2D eigenvalue weighted by Gasteiger charge is -2.41. The van der Waals surface area contributed by atoms with Crippen molar-refractivity contribution in [2.45, 2.75) is 185 Å². The summed E-state index contributed by atoms with van der Waals surface area (Å²) in [5, 5.41) is 50.2. The molecule has 0 bridgehead atoms. The van der Waals surface area contributed by atoms with E-state index in [1.807, 2.05) is 30.4 Å². The summed E-state index contributed by atoms with van der Waals surface area (Å²) in [5.74, 6) is -1.27. The summed E-state index contributed by atoms with van der Waals surface area (Å²) < 4.78 is 33.4. The molecule has 6 unspecified atom stereocenters. The minimum atomic E-state index is -5.16. The van der Waals surface area contributed by atoms with Crippen LogP contribution in [0.3, 0.4) is 0 Å². The third kappa shape index (κ3) is 32.0. The van der Waals surface area contributed by atoms with Crippen molar-refractivity contribution >= 4 is 19.8 Å². The first-order chi connectivity index (χ1) is 31.4. The lowest BCUT2D eigenvalue weighted by molar-refractivity contribution is -0.220. The Labute approximate surface area is 389 Å². The number of ether oxygens (including phenoxy) is 2. The van der Waals surface area contributed by atoms with Gasteiger partial charge in [-0.3, -0.25) is 18.6 Å². The quantitative estimate of drug-likeness (QED) is 0.0149. The molecule has 0 aromatic carbocycles. The van der Waals surface area contributed by atoms with Gasteiger partial charge in [0, 0.05) is 12.8 Å². The second-order valence-electron chi connectivity index (χ2n) is 15.9. The molecule has 1 rings (SSSR count). The Kier molecular flexibility index (Phi) is 36.3. The molecule has 0 spiro atoms. The van der Waals surface area contributed by atoms with Gasteiger partial charge in [0.15, 0.2) is 6.10 Å². The first kappa shape index (κ1) is 59.5. The number of esters is 2. The molecule has 1 fully saturated rings. The van der Waals surface area contributed by atoms with Gasteiger partial charge in [0.1, 0.15) is 43.2 Å². The number of carbonyl (C=O) groups excluding carboxylic acids is 2. The van der Waals surface area contributed by atoms with E-state index in [1.54, 1.807) is 0 Å². The summed E-state index contributed by atoms with van der Waals surface area (Å²) in [6.45, 7) is 3.12. The SMILES string of the molecule is CCCCC/C=C/C/C=C/C/C=C/C/C=C/C/C=C/CCC(=O)O[C@H](COC(=O)CCC/C=C/C/C=C/C/C=C/C/C=C/CCCCC)COP(=O)(O)OC1C(O)C(O)C(O)[C@@H](O)C1O. The second kappa shape index (κ2) is 39.7. The van der Waals surface area contributed by atoms with Crippen LogP contribution in [0.25, 0.3) is 0 Å². The Balaban J connectivity index is 2.56. The third-order valence-corrected chi connectivity index (χ3v) is 11.1. The third-order valence-electron chi connectivity index (χ3n) is 10.1. The molecule has 6 N–H and O–H groups in total. The average molecular weight is 933 g/mol. The predicted molar refractivity (Wildman–Crippen MR) is 257 cm³/mol. The molecule has 1 aliphatic rings. The Morgan fingerprint density at radius 3 is 1.26 bits per heavy atom.